The third kappa shape index (κ3) is 2.99. The summed E-state index contributed by atoms with van der Waals surface area (Å²) in [5, 5.41) is 16.0. The van der Waals surface area contributed by atoms with Crippen LogP contribution in [0.5, 0.6) is 5.75 Å². The zero-order valence-corrected chi connectivity index (χ0v) is 10.5. The third-order valence-electron chi connectivity index (χ3n) is 3.38. The number of nitrogens with zero attached hydrogens (tertiary/aromatic N) is 2. The van der Waals surface area contributed by atoms with Gasteiger partial charge in [0.1, 0.15) is 5.75 Å². The Morgan fingerprint density at radius 3 is 2.35 bits per heavy atom. The highest BCUT2D eigenvalue weighted by atomic mass is 16.3. The quantitative estimate of drug-likeness (QED) is 0.796. The highest BCUT2D eigenvalue weighted by molar-refractivity contribution is 5.79. The highest BCUT2D eigenvalue weighted by Gasteiger charge is 2.22. The van der Waals surface area contributed by atoms with E-state index in [0.29, 0.717) is 17.8 Å². The number of aromatic hydroxyl groups is 1. The summed E-state index contributed by atoms with van der Waals surface area (Å²) in [5.41, 5.74) is 1.02. The van der Waals surface area contributed by atoms with Gasteiger partial charge in [0.25, 0.3) is 0 Å². The van der Waals surface area contributed by atoms with Crippen LogP contribution in [0.1, 0.15) is 38.7 Å². The van der Waals surface area contributed by atoms with Crippen molar-refractivity contribution in [3.8, 4) is 5.75 Å². The lowest BCUT2D eigenvalue weighted by Gasteiger charge is -2.36. The fourth-order valence-electron chi connectivity index (χ4n) is 2.33. The minimum atomic E-state index is 0.293. The molecule has 3 nitrogen and oxygen atoms in total. The number of hydrogen-bond acceptors (Lipinski definition) is 3. The molecule has 1 N–H and O–H groups in total. The number of phenolic OH excluding ortho intramolecular Hbond substituents is 1. The lowest BCUT2D eigenvalue weighted by molar-refractivity contribution is 0.109. The summed E-state index contributed by atoms with van der Waals surface area (Å²) < 4.78 is 0. The fourth-order valence-corrected chi connectivity index (χ4v) is 2.33. The topological polar surface area (TPSA) is 35.8 Å². The molecule has 1 heterocycles. The van der Waals surface area contributed by atoms with Gasteiger partial charge in [0.05, 0.1) is 6.21 Å². The second kappa shape index (κ2) is 5.21. The van der Waals surface area contributed by atoms with Crippen molar-refractivity contribution in [2.75, 3.05) is 0 Å². The molecule has 0 unspecified atom stereocenters. The zero-order chi connectivity index (χ0) is 12.3. The first-order valence-electron chi connectivity index (χ1n) is 6.28. The molecule has 0 bridgehead atoms. The van der Waals surface area contributed by atoms with Gasteiger partial charge in [0.2, 0.25) is 0 Å². The summed E-state index contributed by atoms with van der Waals surface area (Å²) >= 11 is 0. The third-order valence-corrected chi connectivity index (χ3v) is 3.38. The van der Waals surface area contributed by atoms with Crippen LogP contribution in [0.15, 0.2) is 29.4 Å². The van der Waals surface area contributed by atoms with Crippen LogP contribution in [0, 0.1) is 0 Å². The van der Waals surface area contributed by atoms with E-state index < -0.39 is 0 Å². The normalized spacial score (nSPS) is 25.4. The van der Waals surface area contributed by atoms with Crippen LogP contribution in [0.25, 0.3) is 0 Å². The average molecular weight is 232 g/mol. The predicted octanol–water partition coefficient (Wildman–Crippen LogP) is 2.99. The van der Waals surface area contributed by atoms with Crippen molar-refractivity contribution >= 4 is 6.21 Å². The van der Waals surface area contributed by atoms with E-state index in [1.54, 1.807) is 12.1 Å². The van der Waals surface area contributed by atoms with Crippen molar-refractivity contribution in [3.05, 3.63) is 29.8 Å². The molecule has 1 aromatic rings. The lowest BCUT2D eigenvalue weighted by atomic mass is 10.00. The molecule has 0 saturated carbocycles. The van der Waals surface area contributed by atoms with E-state index in [2.05, 4.69) is 24.0 Å². The Morgan fingerprint density at radius 2 is 1.76 bits per heavy atom. The van der Waals surface area contributed by atoms with Crippen molar-refractivity contribution in [2.24, 2.45) is 5.10 Å². The Bertz CT molecular complexity index is 376. The number of benzene rings is 1. The average Bonchev–Trinajstić information content (AvgIpc) is 2.31. The van der Waals surface area contributed by atoms with Gasteiger partial charge in [-0.2, -0.15) is 5.10 Å². The van der Waals surface area contributed by atoms with Crippen molar-refractivity contribution in [2.45, 2.75) is 45.2 Å². The van der Waals surface area contributed by atoms with Crippen molar-refractivity contribution in [1.29, 1.82) is 0 Å². The minimum absolute atomic E-state index is 0.293. The van der Waals surface area contributed by atoms with E-state index in [4.69, 9.17) is 0 Å². The summed E-state index contributed by atoms with van der Waals surface area (Å²) in [7, 11) is 0. The standard InChI is InChI=1S/C14H20N2O/c1-11-4-3-5-12(2)16(11)15-10-13-6-8-14(17)9-7-13/h6-12,17H,3-5H2,1-2H3/b15-10+/t11-,12+. The molecule has 1 aromatic carbocycles. The monoisotopic (exact) mass is 232 g/mol. The predicted molar refractivity (Wildman–Crippen MR) is 70.3 cm³/mol. The van der Waals surface area contributed by atoms with Gasteiger partial charge < -0.3 is 5.11 Å². The zero-order valence-electron chi connectivity index (χ0n) is 10.5. The van der Waals surface area contributed by atoms with Crippen molar-refractivity contribution in [3.63, 3.8) is 0 Å². The van der Waals surface area contributed by atoms with Gasteiger partial charge in [-0.15, -0.1) is 0 Å². The van der Waals surface area contributed by atoms with Gasteiger partial charge in [-0.05, 0) is 62.9 Å². The van der Waals surface area contributed by atoms with Gasteiger partial charge >= 0.3 is 0 Å². The van der Waals surface area contributed by atoms with E-state index in [1.807, 2.05) is 18.3 Å². The van der Waals surface area contributed by atoms with Crippen LogP contribution in [0.4, 0.5) is 0 Å². The molecule has 0 aliphatic carbocycles. The second-order valence-electron chi connectivity index (χ2n) is 4.85. The maximum atomic E-state index is 9.20. The van der Waals surface area contributed by atoms with Gasteiger partial charge in [-0.3, -0.25) is 5.01 Å². The second-order valence-corrected chi connectivity index (χ2v) is 4.85. The largest absolute Gasteiger partial charge is 0.508 e. The van der Waals surface area contributed by atoms with Crippen LogP contribution < -0.4 is 0 Å². The van der Waals surface area contributed by atoms with E-state index in [0.717, 1.165) is 5.56 Å². The van der Waals surface area contributed by atoms with Crippen LogP contribution in [-0.2, 0) is 0 Å². The Hall–Kier alpha value is -1.51. The molecule has 3 heteroatoms. The maximum Gasteiger partial charge on any atom is 0.115 e. The Labute approximate surface area is 103 Å². The summed E-state index contributed by atoms with van der Waals surface area (Å²) in [6.07, 6.45) is 5.61. The molecule has 1 aliphatic heterocycles. The highest BCUT2D eigenvalue weighted by Crippen LogP contribution is 2.22. The molecular weight excluding hydrogens is 212 g/mol. The number of piperidine rings is 1. The van der Waals surface area contributed by atoms with Crippen LogP contribution in [0.3, 0.4) is 0 Å². The van der Waals surface area contributed by atoms with Gasteiger partial charge in [0.15, 0.2) is 0 Å². The molecule has 0 spiro atoms. The summed E-state index contributed by atoms with van der Waals surface area (Å²) in [5.74, 6) is 0.293. The van der Waals surface area contributed by atoms with Crippen LogP contribution in [-0.4, -0.2) is 28.4 Å². The number of phenols is 1. The lowest BCUT2D eigenvalue weighted by Crippen LogP contribution is -2.39. The SMILES string of the molecule is C[C@@H]1CCC[C@H](C)N1/N=C/c1ccc(O)cc1. The molecule has 0 amide bonds. The summed E-state index contributed by atoms with van der Waals surface area (Å²) in [6.45, 7) is 4.45. The molecule has 1 aliphatic rings. The molecule has 1 saturated heterocycles. The number of hydrazone groups is 1. The molecule has 2 atom stereocenters. The Morgan fingerprint density at radius 1 is 1.18 bits per heavy atom. The molecule has 92 valence electrons. The van der Waals surface area contributed by atoms with Gasteiger partial charge in [-0.25, -0.2) is 0 Å². The van der Waals surface area contributed by atoms with E-state index >= 15 is 0 Å². The molecule has 1 fully saturated rings. The van der Waals surface area contributed by atoms with Gasteiger partial charge in [0, 0.05) is 12.1 Å². The molecule has 17 heavy (non-hydrogen) atoms. The Kier molecular flexibility index (Phi) is 3.67. The minimum Gasteiger partial charge on any atom is -0.508 e. The van der Waals surface area contributed by atoms with Gasteiger partial charge in [-0.1, -0.05) is 0 Å². The van der Waals surface area contributed by atoms with E-state index in [-0.39, 0.29) is 0 Å². The first-order chi connectivity index (χ1) is 8.16. The van der Waals surface area contributed by atoms with Crippen LogP contribution >= 0.6 is 0 Å². The summed E-state index contributed by atoms with van der Waals surface area (Å²) in [4.78, 5) is 0. The molecular formula is C14H20N2O. The maximum absolute atomic E-state index is 9.20. The Balaban J connectivity index is 2.06. The molecule has 2 rings (SSSR count). The fraction of sp³-hybridized carbons (Fsp3) is 0.500. The van der Waals surface area contributed by atoms with Crippen molar-refractivity contribution < 1.29 is 5.11 Å². The number of hydrogen-bond donors (Lipinski definition) is 1. The van der Waals surface area contributed by atoms with E-state index in [9.17, 15) is 5.11 Å². The van der Waals surface area contributed by atoms with Crippen molar-refractivity contribution in [1.82, 2.24) is 5.01 Å². The van der Waals surface area contributed by atoms with E-state index in [1.165, 1.54) is 19.3 Å². The first-order valence-corrected chi connectivity index (χ1v) is 6.28. The van der Waals surface area contributed by atoms with Crippen LogP contribution in [0.2, 0.25) is 0 Å². The number of rotatable bonds is 2. The molecule has 0 aromatic heterocycles. The molecule has 0 radical (unpaired) electrons. The summed E-state index contributed by atoms with van der Waals surface area (Å²) in [6, 6.07) is 8.16. The first kappa shape index (κ1) is 12.0. The smallest absolute Gasteiger partial charge is 0.115 e.